The zero-order valence-corrected chi connectivity index (χ0v) is 17.7. The molecule has 2 aromatic carbocycles. The fraction of sp³-hybridized carbons (Fsp3) is 0.300. The maximum absolute atomic E-state index is 12.4. The Labute approximate surface area is 177 Å². The van der Waals surface area contributed by atoms with E-state index in [0.717, 1.165) is 44.6 Å². The number of piperazine rings is 1. The van der Waals surface area contributed by atoms with Gasteiger partial charge in [0.15, 0.2) is 5.13 Å². The Morgan fingerprint density at radius 2 is 1.82 bits per heavy atom. The fourth-order valence-electron chi connectivity index (χ4n) is 3.22. The lowest BCUT2D eigenvalue weighted by Gasteiger charge is -2.34. The Bertz CT molecular complexity index is 997. The number of carbonyl (C=O) groups excluding carboxylic acids is 1. The van der Waals surface area contributed by atoms with Crippen molar-refractivity contribution < 1.29 is 4.79 Å². The number of aryl methyl sites for hydroxylation is 1. The van der Waals surface area contributed by atoms with E-state index >= 15 is 0 Å². The zero-order valence-electron chi connectivity index (χ0n) is 15.4. The summed E-state index contributed by atoms with van der Waals surface area (Å²) in [7, 11) is 0. The van der Waals surface area contributed by atoms with Gasteiger partial charge in [0.2, 0.25) is 0 Å². The number of aromatic nitrogens is 1. The highest BCUT2D eigenvalue weighted by molar-refractivity contribution is 7.22. The molecule has 1 fully saturated rings. The molecule has 0 atom stereocenters. The highest BCUT2D eigenvalue weighted by atomic mass is 35.5. The maximum Gasteiger partial charge on any atom is 0.317 e. The smallest absolute Gasteiger partial charge is 0.317 e. The third-order valence-electron chi connectivity index (χ3n) is 4.93. The predicted molar refractivity (Wildman–Crippen MR) is 117 cm³/mol. The van der Waals surface area contributed by atoms with Gasteiger partial charge in [-0.25, -0.2) is 9.78 Å². The SMILES string of the molecule is Cc1c(Cl)ccc2sc(N3CCN(C(=O)NCc4ccc(Cl)cc4)CC3)nc12. The van der Waals surface area contributed by atoms with Crippen LogP contribution in [0.1, 0.15) is 11.1 Å². The number of carbonyl (C=O) groups is 1. The summed E-state index contributed by atoms with van der Waals surface area (Å²) in [5.41, 5.74) is 3.01. The van der Waals surface area contributed by atoms with Crippen LogP contribution in [0.15, 0.2) is 36.4 Å². The summed E-state index contributed by atoms with van der Waals surface area (Å²) in [5.74, 6) is 0. The molecule has 28 heavy (non-hydrogen) atoms. The van der Waals surface area contributed by atoms with Gasteiger partial charge in [-0.3, -0.25) is 0 Å². The lowest BCUT2D eigenvalue weighted by Crippen LogP contribution is -2.51. The minimum Gasteiger partial charge on any atom is -0.345 e. The zero-order chi connectivity index (χ0) is 19.7. The van der Waals surface area contributed by atoms with Crippen LogP contribution in [0.25, 0.3) is 10.2 Å². The normalized spacial score (nSPS) is 14.5. The summed E-state index contributed by atoms with van der Waals surface area (Å²) < 4.78 is 1.14. The first kappa shape index (κ1) is 19.3. The van der Waals surface area contributed by atoms with Gasteiger partial charge in [-0.15, -0.1) is 0 Å². The van der Waals surface area contributed by atoms with Crippen LogP contribution in [0.2, 0.25) is 10.0 Å². The first-order valence-electron chi connectivity index (χ1n) is 9.09. The predicted octanol–water partition coefficient (Wildman–Crippen LogP) is 4.94. The molecule has 0 unspecified atom stereocenters. The van der Waals surface area contributed by atoms with Gasteiger partial charge in [0.05, 0.1) is 10.2 Å². The summed E-state index contributed by atoms with van der Waals surface area (Å²) in [6.45, 7) is 5.36. The molecule has 5 nitrogen and oxygen atoms in total. The van der Waals surface area contributed by atoms with E-state index in [1.807, 2.05) is 48.2 Å². The average Bonchev–Trinajstić information content (AvgIpc) is 3.15. The van der Waals surface area contributed by atoms with Gasteiger partial charge in [-0.05, 0) is 42.3 Å². The standard InChI is InChI=1S/C20H20Cl2N4OS/c1-13-16(22)6-7-17-18(13)24-20(28-17)26-10-8-25(9-11-26)19(27)23-12-14-2-4-15(21)5-3-14/h2-7H,8-12H2,1H3,(H,23,27). The number of nitrogens with zero attached hydrogens (tertiary/aromatic N) is 3. The molecule has 1 aliphatic heterocycles. The minimum atomic E-state index is -0.0403. The van der Waals surface area contributed by atoms with Crippen LogP contribution in [0.5, 0.6) is 0 Å². The van der Waals surface area contributed by atoms with Crippen LogP contribution in [0.4, 0.5) is 9.93 Å². The number of halogens is 2. The number of benzene rings is 2. The summed E-state index contributed by atoms with van der Waals surface area (Å²) in [6.07, 6.45) is 0. The van der Waals surface area contributed by atoms with E-state index in [1.165, 1.54) is 0 Å². The number of amides is 2. The van der Waals surface area contributed by atoms with Crippen LogP contribution in [-0.2, 0) is 6.54 Å². The second-order valence-electron chi connectivity index (χ2n) is 6.77. The Hall–Kier alpha value is -2.02. The van der Waals surface area contributed by atoms with Crippen molar-refractivity contribution in [3.8, 4) is 0 Å². The molecule has 1 aliphatic rings. The second-order valence-corrected chi connectivity index (χ2v) is 8.63. The second kappa shape index (κ2) is 8.15. The number of hydrogen-bond donors (Lipinski definition) is 1. The van der Waals surface area contributed by atoms with Gasteiger partial charge in [-0.1, -0.05) is 46.7 Å². The first-order valence-corrected chi connectivity index (χ1v) is 10.7. The molecular weight excluding hydrogens is 415 g/mol. The molecule has 0 aliphatic carbocycles. The third kappa shape index (κ3) is 4.04. The minimum absolute atomic E-state index is 0.0403. The average molecular weight is 435 g/mol. The number of hydrogen-bond acceptors (Lipinski definition) is 4. The molecule has 0 radical (unpaired) electrons. The topological polar surface area (TPSA) is 48.5 Å². The molecule has 1 saturated heterocycles. The van der Waals surface area contributed by atoms with Crippen molar-refractivity contribution >= 4 is 55.9 Å². The Kier molecular flexibility index (Phi) is 5.62. The molecule has 0 bridgehead atoms. The number of fused-ring (bicyclic) bond motifs is 1. The highest BCUT2D eigenvalue weighted by Crippen LogP contribution is 2.33. The van der Waals surface area contributed by atoms with E-state index in [9.17, 15) is 4.79 Å². The summed E-state index contributed by atoms with van der Waals surface area (Å²) in [5, 5.41) is 5.40. The van der Waals surface area contributed by atoms with Crippen molar-refractivity contribution in [2.24, 2.45) is 0 Å². The van der Waals surface area contributed by atoms with Crippen LogP contribution in [0, 0.1) is 6.92 Å². The largest absolute Gasteiger partial charge is 0.345 e. The van der Waals surface area contributed by atoms with Crippen molar-refractivity contribution in [2.75, 3.05) is 31.1 Å². The summed E-state index contributed by atoms with van der Waals surface area (Å²) in [4.78, 5) is 21.3. The van der Waals surface area contributed by atoms with E-state index in [1.54, 1.807) is 11.3 Å². The van der Waals surface area contributed by atoms with Crippen LogP contribution in [0.3, 0.4) is 0 Å². The molecule has 1 N–H and O–H groups in total. The van der Waals surface area contributed by atoms with Crippen molar-refractivity contribution in [1.29, 1.82) is 0 Å². The first-order chi connectivity index (χ1) is 13.5. The molecule has 146 valence electrons. The number of nitrogens with one attached hydrogen (secondary N) is 1. The number of thiazole rings is 1. The van der Waals surface area contributed by atoms with Gasteiger partial charge >= 0.3 is 6.03 Å². The highest BCUT2D eigenvalue weighted by Gasteiger charge is 2.23. The molecule has 3 aromatic rings. The molecule has 2 heterocycles. The van der Waals surface area contributed by atoms with Crippen LogP contribution in [-0.4, -0.2) is 42.1 Å². The summed E-state index contributed by atoms with van der Waals surface area (Å²) >= 11 is 13.8. The van der Waals surface area contributed by atoms with Crippen molar-refractivity contribution in [2.45, 2.75) is 13.5 Å². The van der Waals surface area contributed by atoms with Gasteiger partial charge in [0, 0.05) is 42.8 Å². The Balaban J connectivity index is 1.34. The van der Waals surface area contributed by atoms with Crippen LogP contribution < -0.4 is 10.2 Å². The van der Waals surface area contributed by atoms with Gasteiger partial charge in [0.25, 0.3) is 0 Å². The van der Waals surface area contributed by atoms with Gasteiger partial charge < -0.3 is 15.1 Å². The lowest BCUT2D eigenvalue weighted by molar-refractivity contribution is 0.194. The van der Waals surface area contributed by atoms with E-state index in [0.29, 0.717) is 24.7 Å². The van der Waals surface area contributed by atoms with E-state index in [-0.39, 0.29) is 6.03 Å². The molecule has 0 spiro atoms. The number of rotatable bonds is 3. The molecule has 1 aromatic heterocycles. The fourth-order valence-corrected chi connectivity index (χ4v) is 4.57. The van der Waals surface area contributed by atoms with Crippen LogP contribution >= 0.6 is 34.5 Å². The lowest BCUT2D eigenvalue weighted by atomic mass is 10.2. The van der Waals surface area contributed by atoms with E-state index in [4.69, 9.17) is 28.2 Å². The van der Waals surface area contributed by atoms with Gasteiger partial charge in [-0.2, -0.15) is 0 Å². The number of urea groups is 1. The Morgan fingerprint density at radius 3 is 2.54 bits per heavy atom. The quantitative estimate of drug-likeness (QED) is 0.634. The molecule has 0 saturated carbocycles. The molecular formula is C20H20Cl2N4OS. The van der Waals surface area contributed by atoms with E-state index < -0.39 is 0 Å². The van der Waals surface area contributed by atoms with Gasteiger partial charge in [0.1, 0.15) is 0 Å². The third-order valence-corrected chi connectivity index (χ3v) is 6.67. The van der Waals surface area contributed by atoms with Crippen molar-refractivity contribution in [3.05, 3.63) is 57.6 Å². The van der Waals surface area contributed by atoms with Crippen molar-refractivity contribution in [1.82, 2.24) is 15.2 Å². The molecule has 8 heteroatoms. The van der Waals surface area contributed by atoms with E-state index in [2.05, 4.69) is 10.2 Å². The molecule has 2 amide bonds. The number of anilines is 1. The summed E-state index contributed by atoms with van der Waals surface area (Å²) in [6, 6.07) is 11.4. The maximum atomic E-state index is 12.4. The monoisotopic (exact) mass is 434 g/mol. The van der Waals surface area contributed by atoms with Crippen molar-refractivity contribution in [3.63, 3.8) is 0 Å². The Morgan fingerprint density at radius 1 is 1.11 bits per heavy atom. The molecule has 4 rings (SSSR count).